The summed E-state index contributed by atoms with van der Waals surface area (Å²) in [4.78, 5) is 26.3. The molecule has 0 spiro atoms. The molecule has 0 saturated heterocycles. The fourth-order valence-electron chi connectivity index (χ4n) is 3.40. The summed E-state index contributed by atoms with van der Waals surface area (Å²) in [6, 6.07) is 8.86. The number of pyridine rings is 1. The van der Waals surface area contributed by atoms with E-state index in [0.29, 0.717) is 11.3 Å². The second-order valence-corrected chi connectivity index (χ2v) is 9.27. The van der Waals surface area contributed by atoms with Crippen LogP contribution < -0.4 is 30.4 Å². The molecule has 0 bridgehead atoms. The number of carbonyl (C=O) groups is 1. The molecule has 14 heteroatoms. The molecule has 0 fully saturated rings. The Labute approximate surface area is 238 Å². The van der Waals surface area contributed by atoms with Gasteiger partial charge in [0.05, 0.1) is 16.9 Å². The Morgan fingerprint density at radius 2 is 1.80 bits per heavy atom. The topological polar surface area (TPSA) is 96.4 Å². The number of amides is 1. The summed E-state index contributed by atoms with van der Waals surface area (Å²) in [5, 5.41) is 4.54. The van der Waals surface area contributed by atoms with Gasteiger partial charge in [0.15, 0.2) is 5.75 Å². The van der Waals surface area contributed by atoms with Gasteiger partial charge in [0.1, 0.15) is 34.5 Å². The zero-order valence-electron chi connectivity index (χ0n) is 22.6. The monoisotopic (exact) mass is 603 g/mol. The lowest BCUT2D eigenvalue weighted by molar-refractivity contribution is -0.123. The maximum atomic E-state index is 14.7. The van der Waals surface area contributed by atoms with E-state index < -0.39 is 35.6 Å². The Hall–Kier alpha value is -3.42. The quantitative estimate of drug-likeness (QED) is 0.157. The molecular formula is C26H30ClF4N5O3S. The lowest BCUT2D eigenvalue weighted by atomic mass is 10.1. The van der Waals surface area contributed by atoms with Crippen molar-refractivity contribution < 1.29 is 27.1 Å². The number of benzene rings is 2. The van der Waals surface area contributed by atoms with Gasteiger partial charge in [-0.2, -0.15) is 13.2 Å². The van der Waals surface area contributed by atoms with E-state index in [1.807, 2.05) is 13.8 Å². The molecule has 1 heterocycles. The second-order valence-electron chi connectivity index (χ2n) is 8.08. The summed E-state index contributed by atoms with van der Waals surface area (Å²) in [6.07, 6.45) is -4.71. The molecule has 2 aromatic carbocycles. The molecule has 1 amide bonds. The van der Waals surface area contributed by atoms with Gasteiger partial charge in [0, 0.05) is 19.2 Å². The van der Waals surface area contributed by atoms with Crippen LogP contribution in [-0.4, -0.2) is 30.2 Å². The molecule has 0 aliphatic carbocycles. The number of anilines is 3. The van der Waals surface area contributed by atoms with Gasteiger partial charge in [-0.15, -0.1) is 0 Å². The second kappa shape index (κ2) is 14.3. The summed E-state index contributed by atoms with van der Waals surface area (Å²) in [6.45, 7) is 5.37. The summed E-state index contributed by atoms with van der Waals surface area (Å²) in [7, 11) is 2.97. The van der Waals surface area contributed by atoms with E-state index in [-0.39, 0.29) is 33.6 Å². The summed E-state index contributed by atoms with van der Waals surface area (Å²) in [5.74, 6) is -2.52. The number of aryl methyl sites for hydroxylation is 1. The van der Waals surface area contributed by atoms with Crippen molar-refractivity contribution >= 4 is 46.8 Å². The zero-order valence-corrected chi connectivity index (χ0v) is 24.2. The molecule has 0 saturated carbocycles. The van der Waals surface area contributed by atoms with Crippen molar-refractivity contribution in [3.63, 3.8) is 0 Å². The van der Waals surface area contributed by atoms with E-state index in [2.05, 4.69) is 14.8 Å². The molecule has 40 heavy (non-hydrogen) atoms. The normalized spacial score (nSPS) is 10.9. The fourth-order valence-corrected chi connectivity index (χ4v) is 4.05. The largest absolute Gasteiger partial charge is 0.454 e. The molecule has 0 radical (unpaired) electrons. The first kappa shape index (κ1) is 32.8. The smallest absolute Gasteiger partial charge is 0.405 e. The molecule has 1 aromatic heterocycles. The maximum absolute atomic E-state index is 14.7. The van der Waals surface area contributed by atoms with Crippen LogP contribution in [-0.2, 0) is 7.05 Å². The summed E-state index contributed by atoms with van der Waals surface area (Å²) >= 11 is 7.56. The number of nitrogens with zero attached hydrogens (tertiary/aromatic N) is 1. The highest BCUT2D eigenvalue weighted by atomic mass is 35.5. The molecule has 4 N–H and O–H groups in total. The van der Waals surface area contributed by atoms with Gasteiger partial charge in [-0.25, -0.2) is 9.11 Å². The Morgan fingerprint density at radius 3 is 2.40 bits per heavy atom. The highest BCUT2D eigenvalue weighted by molar-refractivity contribution is 7.98. The Morgan fingerprint density at radius 1 is 1.12 bits per heavy atom. The Kier molecular flexibility index (Phi) is 11.7. The van der Waals surface area contributed by atoms with E-state index in [1.165, 1.54) is 32.2 Å². The van der Waals surface area contributed by atoms with Crippen molar-refractivity contribution in [2.75, 3.05) is 23.6 Å². The van der Waals surface area contributed by atoms with Crippen LogP contribution in [0.1, 0.15) is 35.3 Å². The number of ether oxygens (including phenoxy) is 1. The van der Waals surface area contributed by atoms with Gasteiger partial charge in [-0.1, -0.05) is 37.6 Å². The van der Waals surface area contributed by atoms with Crippen LogP contribution in [0.3, 0.4) is 0 Å². The Balaban J connectivity index is 0.00000274. The third-order valence-corrected chi connectivity index (χ3v) is 6.17. The first-order chi connectivity index (χ1) is 18.8. The number of hydrogen-bond acceptors (Lipinski definition) is 7. The average Bonchev–Trinajstić information content (AvgIpc) is 2.91. The van der Waals surface area contributed by atoms with Crippen LogP contribution in [0.4, 0.5) is 34.8 Å². The number of halogens is 5. The third kappa shape index (κ3) is 8.05. The van der Waals surface area contributed by atoms with Gasteiger partial charge in [0.25, 0.3) is 11.5 Å². The number of rotatable bonds is 9. The van der Waals surface area contributed by atoms with Gasteiger partial charge in [-0.05, 0) is 50.7 Å². The average molecular weight is 604 g/mol. The molecule has 0 aliphatic rings. The van der Waals surface area contributed by atoms with Crippen molar-refractivity contribution in [3.8, 4) is 11.5 Å². The van der Waals surface area contributed by atoms with E-state index in [4.69, 9.17) is 16.3 Å². The van der Waals surface area contributed by atoms with Gasteiger partial charge in [-0.3, -0.25) is 14.2 Å². The predicted molar refractivity (Wildman–Crippen MR) is 152 cm³/mol. The lowest BCUT2D eigenvalue weighted by Gasteiger charge is -2.22. The van der Waals surface area contributed by atoms with E-state index >= 15 is 0 Å². The van der Waals surface area contributed by atoms with Crippen molar-refractivity contribution in [2.24, 2.45) is 7.05 Å². The van der Waals surface area contributed by atoms with Crippen molar-refractivity contribution in [1.82, 2.24) is 14.6 Å². The van der Waals surface area contributed by atoms with Crippen LogP contribution in [0.2, 0.25) is 5.02 Å². The SMILES string of the molecule is CC.CNSNc1cccc(Oc2c(C(=O)NCC(F)(F)F)c(Nc3ccc(C)cc3F)n(C)c(=O)c2C)c1Cl. The fraction of sp³-hybridized carbons (Fsp3) is 0.308. The number of hydrogen-bond donors (Lipinski definition) is 4. The minimum Gasteiger partial charge on any atom is -0.454 e. The highest BCUT2D eigenvalue weighted by Gasteiger charge is 2.32. The van der Waals surface area contributed by atoms with Crippen LogP contribution in [0.15, 0.2) is 41.2 Å². The molecule has 0 atom stereocenters. The summed E-state index contributed by atoms with van der Waals surface area (Å²) in [5.41, 5.74) is -0.255. The van der Waals surface area contributed by atoms with Crippen molar-refractivity contribution in [1.29, 1.82) is 0 Å². The molecule has 3 aromatic rings. The molecular weight excluding hydrogens is 574 g/mol. The molecule has 8 nitrogen and oxygen atoms in total. The number of nitrogens with one attached hydrogen (secondary N) is 4. The van der Waals surface area contributed by atoms with E-state index in [1.54, 1.807) is 37.5 Å². The van der Waals surface area contributed by atoms with Gasteiger partial charge >= 0.3 is 6.18 Å². The van der Waals surface area contributed by atoms with Crippen LogP contribution in [0.25, 0.3) is 0 Å². The molecule has 3 rings (SSSR count). The zero-order chi connectivity index (χ0) is 30.2. The summed E-state index contributed by atoms with van der Waals surface area (Å²) < 4.78 is 66.1. The van der Waals surface area contributed by atoms with E-state index in [0.717, 1.165) is 16.7 Å². The van der Waals surface area contributed by atoms with Crippen molar-refractivity contribution in [2.45, 2.75) is 33.9 Å². The van der Waals surface area contributed by atoms with E-state index in [9.17, 15) is 27.2 Å². The first-order valence-electron chi connectivity index (χ1n) is 12.0. The predicted octanol–water partition coefficient (Wildman–Crippen LogP) is 6.84. The van der Waals surface area contributed by atoms with Crippen LogP contribution in [0, 0.1) is 19.7 Å². The van der Waals surface area contributed by atoms with Gasteiger partial charge < -0.3 is 20.1 Å². The number of carbonyl (C=O) groups excluding carboxylic acids is 1. The number of alkyl halides is 3. The maximum Gasteiger partial charge on any atom is 0.405 e. The van der Waals surface area contributed by atoms with Crippen LogP contribution in [0.5, 0.6) is 11.5 Å². The molecule has 218 valence electrons. The standard InChI is InChI=1S/C24H24ClF4N5O3S.C2H6/c1-12-8-9-15(14(26)10-12)32-21-18(22(35)31-11-24(27,28)29)20(13(2)23(36)34(21)4)37-17-7-5-6-16(19(17)25)33-38-30-3;1-2/h5-10,30,32-33H,11H2,1-4H3,(H,31,35);1-2H3. The number of aromatic nitrogens is 1. The lowest BCUT2D eigenvalue weighted by Crippen LogP contribution is -2.36. The minimum atomic E-state index is -4.71. The van der Waals surface area contributed by atoms with Crippen LogP contribution >= 0.6 is 23.7 Å². The minimum absolute atomic E-state index is 0.0158. The van der Waals surface area contributed by atoms with Gasteiger partial charge in [0.2, 0.25) is 0 Å². The third-order valence-electron chi connectivity index (χ3n) is 5.26. The Bertz CT molecular complexity index is 1420. The first-order valence-corrected chi connectivity index (χ1v) is 13.2. The van der Waals surface area contributed by atoms with Crippen molar-refractivity contribution in [3.05, 3.63) is 74.3 Å². The highest BCUT2D eigenvalue weighted by Crippen LogP contribution is 2.39. The molecule has 0 aliphatic heterocycles. The molecule has 0 unspecified atom stereocenters.